The van der Waals surface area contributed by atoms with Gasteiger partial charge in [-0.25, -0.2) is 0 Å². The van der Waals surface area contributed by atoms with Gasteiger partial charge in [-0.1, -0.05) is 0 Å². The first-order valence-corrected chi connectivity index (χ1v) is 5.81. The van der Waals surface area contributed by atoms with Crippen LogP contribution >= 0.6 is 0 Å². The SMILES string of the molecule is CO[C@@H]1CCN(C(=O)CNCC2CC2)C1. The lowest BCUT2D eigenvalue weighted by Gasteiger charge is -2.16. The van der Waals surface area contributed by atoms with Crippen molar-refractivity contribution in [2.45, 2.75) is 25.4 Å². The summed E-state index contributed by atoms with van der Waals surface area (Å²) in [5.74, 6) is 1.05. The molecule has 0 aromatic rings. The van der Waals surface area contributed by atoms with Gasteiger partial charge in [0, 0.05) is 20.2 Å². The third kappa shape index (κ3) is 3.18. The summed E-state index contributed by atoms with van der Waals surface area (Å²) in [7, 11) is 1.71. The average molecular weight is 212 g/mol. The highest BCUT2D eigenvalue weighted by Crippen LogP contribution is 2.27. The Bertz CT molecular complexity index is 229. The minimum Gasteiger partial charge on any atom is -0.380 e. The van der Waals surface area contributed by atoms with Crippen molar-refractivity contribution in [2.24, 2.45) is 5.92 Å². The molecule has 1 saturated carbocycles. The summed E-state index contributed by atoms with van der Waals surface area (Å²) in [6.07, 6.45) is 3.88. The maximum atomic E-state index is 11.7. The smallest absolute Gasteiger partial charge is 0.236 e. The highest BCUT2D eigenvalue weighted by molar-refractivity contribution is 5.78. The molecule has 1 heterocycles. The molecule has 4 heteroatoms. The van der Waals surface area contributed by atoms with Crippen LogP contribution in [-0.2, 0) is 9.53 Å². The number of carbonyl (C=O) groups excluding carboxylic acids is 1. The summed E-state index contributed by atoms with van der Waals surface area (Å²) in [6, 6.07) is 0. The largest absolute Gasteiger partial charge is 0.380 e. The highest BCUT2D eigenvalue weighted by Gasteiger charge is 2.26. The van der Waals surface area contributed by atoms with E-state index in [0.717, 1.165) is 32.0 Å². The molecule has 0 aromatic carbocycles. The van der Waals surface area contributed by atoms with Gasteiger partial charge in [0.25, 0.3) is 0 Å². The normalized spacial score (nSPS) is 25.9. The minimum absolute atomic E-state index is 0.218. The standard InChI is InChI=1S/C11H20N2O2/c1-15-10-4-5-13(8-10)11(14)7-12-6-9-2-3-9/h9-10,12H,2-8H2,1H3/t10-/m1/s1. The van der Waals surface area contributed by atoms with Crippen LogP contribution in [0, 0.1) is 5.92 Å². The predicted molar refractivity (Wildman–Crippen MR) is 57.6 cm³/mol. The van der Waals surface area contributed by atoms with Gasteiger partial charge in [-0.2, -0.15) is 0 Å². The molecule has 0 aromatic heterocycles. The lowest BCUT2D eigenvalue weighted by molar-refractivity contribution is -0.129. The monoisotopic (exact) mass is 212 g/mol. The quantitative estimate of drug-likeness (QED) is 0.709. The van der Waals surface area contributed by atoms with Gasteiger partial charge in [0.1, 0.15) is 0 Å². The highest BCUT2D eigenvalue weighted by atomic mass is 16.5. The topological polar surface area (TPSA) is 41.6 Å². The Kier molecular flexibility index (Phi) is 3.59. The number of hydrogen-bond donors (Lipinski definition) is 1. The van der Waals surface area contributed by atoms with Crippen LogP contribution in [0.1, 0.15) is 19.3 Å². The van der Waals surface area contributed by atoms with Crippen molar-refractivity contribution in [3.05, 3.63) is 0 Å². The van der Waals surface area contributed by atoms with Gasteiger partial charge in [0.05, 0.1) is 12.6 Å². The van der Waals surface area contributed by atoms with E-state index < -0.39 is 0 Å². The van der Waals surface area contributed by atoms with E-state index in [1.54, 1.807) is 7.11 Å². The zero-order valence-electron chi connectivity index (χ0n) is 9.37. The number of carbonyl (C=O) groups is 1. The van der Waals surface area contributed by atoms with E-state index in [-0.39, 0.29) is 12.0 Å². The molecule has 1 aliphatic heterocycles. The molecule has 1 saturated heterocycles. The van der Waals surface area contributed by atoms with Crippen LogP contribution in [0.15, 0.2) is 0 Å². The Labute approximate surface area is 91.0 Å². The maximum Gasteiger partial charge on any atom is 0.236 e. The second kappa shape index (κ2) is 4.94. The van der Waals surface area contributed by atoms with Crippen molar-refractivity contribution in [2.75, 3.05) is 33.3 Å². The van der Waals surface area contributed by atoms with Gasteiger partial charge in [0.15, 0.2) is 0 Å². The summed E-state index contributed by atoms with van der Waals surface area (Å²) in [5, 5.41) is 3.22. The Hall–Kier alpha value is -0.610. The van der Waals surface area contributed by atoms with Gasteiger partial charge in [0.2, 0.25) is 5.91 Å². The molecule has 15 heavy (non-hydrogen) atoms. The van der Waals surface area contributed by atoms with E-state index in [0.29, 0.717) is 6.54 Å². The van der Waals surface area contributed by atoms with Gasteiger partial charge in [-0.05, 0) is 31.7 Å². The molecule has 1 aliphatic carbocycles. The van der Waals surface area contributed by atoms with E-state index in [2.05, 4.69) is 5.32 Å². The summed E-state index contributed by atoms with van der Waals surface area (Å²) in [6.45, 7) is 3.11. The number of ether oxygens (including phenoxy) is 1. The second-order valence-corrected chi connectivity index (χ2v) is 4.56. The van der Waals surface area contributed by atoms with Gasteiger partial charge in [-0.3, -0.25) is 4.79 Å². The molecule has 0 radical (unpaired) electrons. The Morgan fingerprint density at radius 3 is 2.87 bits per heavy atom. The van der Waals surface area contributed by atoms with Gasteiger partial charge >= 0.3 is 0 Å². The van der Waals surface area contributed by atoms with E-state index in [4.69, 9.17) is 4.74 Å². The molecule has 0 unspecified atom stereocenters. The number of nitrogens with zero attached hydrogens (tertiary/aromatic N) is 1. The first-order valence-electron chi connectivity index (χ1n) is 5.81. The molecule has 1 atom stereocenters. The molecule has 0 bridgehead atoms. The maximum absolute atomic E-state index is 11.7. The molecule has 0 spiro atoms. The fraction of sp³-hybridized carbons (Fsp3) is 0.909. The molecule has 1 N–H and O–H groups in total. The summed E-state index contributed by atoms with van der Waals surface area (Å²) >= 11 is 0. The first kappa shape index (κ1) is 10.9. The zero-order chi connectivity index (χ0) is 10.7. The number of likely N-dealkylation sites (tertiary alicyclic amines) is 1. The van der Waals surface area contributed by atoms with Crippen LogP contribution in [0.2, 0.25) is 0 Å². The van der Waals surface area contributed by atoms with Crippen molar-refractivity contribution >= 4 is 5.91 Å². The van der Waals surface area contributed by atoms with Crippen LogP contribution in [0.3, 0.4) is 0 Å². The number of hydrogen-bond acceptors (Lipinski definition) is 3. The fourth-order valence-corrected chi connectivity index (χ4v) is 1.96. The van der Waals surface area contributed by atoms with Crippen molar-refractivity contribution in [3.63, 3.8) is 0 Å². The third-order valence-corrected chi connectivity index (χ3v) is 3.24. The molecule has 1 amide bonds. The lowest BCUT2D eigenvalue weighted by atomic mass is 10.3. The van der Waals surface area contributed by atoms with Crippen LogP contribution in [-0.4, -0.2) is 50.2 Å². The fourth-order valence-electron chi connectivity index (χ4n) is 1.96. The zero-order valence-corrected chi connectivity index (χ0v) is 9.37. The average Bonchev–Trinajstić information content (AvgIpc) is 2.94. The van der Waals surface area contributed by atoms with Crippen LogP contribution in [0.4, 0.5) is 0 Å². The number of rotatable bonds is 5. The molecule has 86 valence electrons. The summed E-state index contributed by atoms with van der Waals surface area (Å²) < 4.78 is 5.23. The summed E-state index contributed by atoms with van der Waals surface area (Å²) in [5.41, 5.74) is 0. The minimum atomic E-state index is 0.218. The van der Waals surface area contributed by atoms with Gasteiger partial charge in [-0.15, -0.1) is 0 Å². The Morgan fingerprint density at radius 2 is 2.27 bits per heavy atom. The number of methoxy groups -OCH3 is 1. The van der Waals surface area contributed by atoms with Crippen LogP contribution < -0.4 is 5.32 Å². The van der Waals surface area contributed by atoms with Crippen molar-refractivity contribution in [1.29, 1.82) is 0 Å². The van der Waals surface area contributed by atoms with Crippen molar-refractivity contribution in [1.82, 2.24) is 10.2 Å². The van der Waals surface area contributed by atoms with Crippen LogP contribution in [0.25, 0.3) is 0 Å². The van der Waals surface area contributed by atoms with E-state index in [1.165, 1.54) is 12.8 Å². The van der Waals surface area contributed by atoms with E-state index in [9.17, 15) is 4.79 Å². The lowest BCUT2D eigenvalue weighted by Crippen LogP contribution is -2.37. The predicted octanol–water partition coefficient (Wildman–Crippen LogP) is 0.233. The van der Waals surface area contributed by atoms with Gasteiger partial charge < -0.3 is 15.0 Å². The third-order valence-electron chi connectivity index (χ3n) is 3.24. The molecular formula is C11H20N2O2. The van der Waals surface area contributed by atoms with E-state index in [1.807, 2.05) is 4.90 Å². The van der Waals surface area contributed by atoms with Crippen molar-refractivity contribution in [3.8, 4) is 0 Å². The Morgan fingerprint density at radius 1 is 1.47 bits per heavy atom. The number of nitrogens with one attached hydrogen (secondary N) is 1. The summed E-state index contributed by atoms with van der Waals surface area (Å²) in [4.78, 5) is 13.6. The van der Waals surface area contributed by atoms with E-state index >= 15 is 0 Å². The second-order valence-electron chi connectivity index (χ2n) is 4.56. The molecule has 4 nitrogen and oxygen atoms in total. The van der Waals surface area contributed by atoms with Crippen LogP contribution in [0.5, 0.6) is 0 Å². The molecule has 2 fully saturated rings. The molecule has 2 aliphatic rings. The molecule has 2 rings (SSSR count). The Balaban J connectivity index is 1.62. The first-order chi connectivity index (χ1) is 7.29. The number of amides is 1. The van der Waals surface area contributed by atoms with Crippen molar-refractivity contribution < 1.29 is 9.53 Å². The molecular weight excluding hydrogens is 192 g/mol.